The number of H-pyrrole nitrogens is 1. The van der Waals surface area contributed by atoms with E-state index in [-0.39, 0.29) is 19.2 Å². The second-order valence-electron chi connectivity index (χ2n) is 12.6. The van der Waals surface area contributed by atoms with Crippen LogP contribution >= 0.6 is 0 Å². The van der Waals surface area contributed by atoms with E-state index >= 15 is 0 Å². The van der Waals surface area contributed by atoms with Gasteiger partial charge in [0.15, 0.2) is 0 Å². The molecule has 0 bridgehead atoms. The van der Waals surface area contributed by atoms with Gasteiger partial charge in [0.05, 0.1) is 18.3 Å². The first kappa shape index (κ1) is 30.9. The van der Waals surface area contributed by atoms with Gasteiger partial charge < -0.3 is 14.3 Å². The Labute approximate surface area is 274 Å². The lowest BCUT2D eigenvalue weighted by atomic mass is 9.84. The molecule has 1 N–H and O–H groups in total. The first-order valence-corrected chi connectivity index (χ1v) is 16.7. The van der Waals surface area contributed by atoms with Crippen molar-refractivity contribution in [3.63, 3.8) is 0 Å². The molecule has 2 aromatic carbocycles. The molecule has 3 aliphatic rings. The molecule has 9 nitrogen and oxygen atoms in total. The number of carbonyl (C=O) groups is 1. The number of esters is 1. The van der Waals surface area contributed by atoms with Crippen LogP contribution in [0, 0.1) is 0 Å². The van der Waals surface area contributed by atoms with E-state index in [2.05, 4.69) is 105 Å². The highest BCUT2D eigenvalue weighted by Gasteiger charge is 2.29. The molecule has 0 radical (unpaired) electrons. The maximum Gasteiger partial charge on any atom is 0.326 e. The third kappa shape index (κ3) is 6.46. The van der Waals surface area contributed by atoms with Gasteiger partial charge in [0, 0.05) is 62.1 Å². The Morgan fingerprint density at radius 2 is 1.55 bits per heavy atom. The van der Waals surface area contributed by atoms with Crippen molar-refractivity contribution >= 4 is 17.2 Å². The highest BCUT2D eigenvalue weighted by Crippen LogP contribution is 2.39. The van der Waals surface area contributed by atoms with Crippen molar-refractivity contribution in [3.8, 4) is 0 Å². The Kier molecular flexibility index (Phi) is 8.91. The molecule has 2 aromatic heterocycles. The molecule has 1 saturated heterocycles. The Morgan fingerprint density at radius 3 is 2.23 bits per heavy atom. The third-order valence-corrected chi connectivity index (χ3v) is 9.65. The second-order valence-corrected chi connectivity index (χ2v) is 12.6. The molecule has 2 aliphatic carbocycles. The van der Waals surface area contributed by atoms with Gasteiger partial charge in [-0.15, -0.1) is 0 Å². The van der Waals surface area contributed by atoms with E-state index in [4.69, 9.17) is 4.74 Å². The molecule has 0 amide bonds. The number of rotatable bonds is 9. The maximum atomic E-state index is 13.0. The number of nitrogens with one attached hydrogen (secondary N) is 1. The van der Waals surface area contributed by atoms with Gasteiger partial charge in [-0.3, -0.25) is 28.8 Å². The number of benzene rings is 2. The van der Waals surface area contributed by atoms with E-state index in [9.17, 15) is 14.4 Å². The van der Waals surface area contributed by atoms with E-state index in [1.165, 1.54) is 26.8 Å². The molecule has 0 saturated carbocycles. The molecular weight excluding hydrogens is 590 g/mol. The summed E-state index contributed by atoms with van der Waals surface area (Å²) in [7, 11) is 0. The lowest BCUT2D eigenvalue weighted by Crippen LogP contribution is -2.47. The SMILES string of the molecule is CCOC(=O)Cn1c2c([nH]c(=O)c1=O)CCC1=C2C=C(n2ccc(CN3CCN(C(c4ccccc4)c4ccccc4)CC3)c2)CC1. The van der Waals surface area contributed by atoms with Crippen LogP contribution in [0.5, 0.6) is 0 Å². The summed E-state index contributed by atoms with van der Waals surface area (Å²) in [6, 6.07) is 24.0. The summed E-state index contributed by atoms with van der Waals surface area (Å²) in [6.45, 7) is 6.51. The lowest BCUT2D eigenvalue weighted by Gasteiger charge is -2.39. The van der Waals surface area contributed by atoms with Gasteiger partial charge in [-0.1, -0.05) is 66.2 Å². The summed E-state index contributed by atoms with van der Waals surface area (Å²) in [5.74, 6) is -0.526. The summed E-state index contributed by atoms with van der Waals surface area (Å²) in [4.78, 5) is 45.8. The van der Waals surface area contributed by atoms with E-state index < -0.39 is 17.1 Å². The molecular formula is C38H41N5O4. The molecule has 4 aromatic rings. The molecule has 242 valence electrons. The van der Waals surface area contributed by atoms with Crippen LogP contribution in [0.1, 0.15) is 60.3 Å². The van der Waals surface area contributed by atoms with Gasteiger partial charge in [-0.05, 0) is 61.4 Å². The van der Waals surface area contributed by atoms with Gasteiger partial charge in [0.1, 0.15) is 6.54 Å². The zero-order valence-corrected chi connectivity index (χ0v) is 26.9. The largest absolute Gasteiger partial charge is 0.465 e. The number of aromatic nitrogens is 3. The highest BCUT2D eigenvalue weighted by molar-refractivity contribution is 5.85. The summed E-state index contributed by atoms with van der Waals surface area (Å²) in [5.41, 5.74) is 7.12. The summed E-state index contributed by atoms with van der Waals surface area (Å²) in [6.07, 6.45) is 9.66. The zero-order valence-electron chi connectivity index (χ0n) is 26.9. The van der Waals surface area contributed by atoms with E-state index in [0.717, 1.165) is 63.3 Å². The summed E-state index contributed by atoms with van der Waals surface area (Å²) >= 11 is 0. The normalized spacial score (nSPS) is 16.9. The minimum absolute atomic E-state index is 0.213. The molecule has 3 heterocycles. The monoisotopic (exact) mass is 631 g/mol. The van der Waals surface area contributed by atoms with E-state index in [1.807, 2.05) is 0 Å². The van der Waals surface area contributed by atoms with Gasteiger partial charge in [0.2, 0.25) is 0 Å². The number of hydrogen-bond donors (Lipinski definition) is 1. The average molecular weight is 632 g/mol. The molecule has 7 rings (SSSR count). The first-order valence-electron chi connectivity index (χ1n) is 16.7. The zero-order chi connectivity index (χ0) is 32.3. The fraction of sp³-hybridized carbons (Fsp3) is 0.342. The van der Waals surface area contributed by atoms with Crippen LogP contribution in [0.4, 0.5) is 0 Å². The fourth-order valence-electron chi connectivity index (χ4n) is 7.38. The number of hydrogen-bond acceptors (Lipinski definition) is 6. The molecule has 0 unspecified atom stereocenters. The summed E-state index contributed by atoms with van der Waals surface area (Å²) in [5, 5.41) is 0. The van der Waals surface area contributed by atoms with E-state index in [1.54, 1.807) is 6.92 Å². The number of ether oxygens (including phenoxy) is 1. The number of piperazine rings is 1. The van der Waals surface area contributed by atoms with Crippen molar-refractivity contribution in [2.45, 2.75) is 51.7 Å². The van der Waals surface area contributed by atoms with Crippen molar-refractivity contribution in [2.24, 2.45) is 0 Å². The Morgan fingerprint density at radius 1 is 0.872 bits per heavy atom. The predicted octanol–water partition coefficient (Wildman–Crippen LogP) is 4.84. The molecule has 0 spiro atoms. The van der Waals surface area contributed by atoms with Crippen molar-refractivity contribution < 1.29 is 9.53 Å². The Balaban J connectivity index is 1.07. The van der Waals surface area contributed by atoms with Crippen LogP contribution in [0.15, 0.2) is 100 Å². The first-order chi connectivity index (χ1) is 23.0. The van der Waals surface area contributed by atoms with Gasteiger partial charge >= 0.3 is 17.1 Å². The highest BCUT2D eigenvalue weighted by atomic mass is 16.5. The second kappa shape index (κ2) is 13.6. The van der Waals surface area contributed by atoms with Crippen molar-refractivity contribution in [2.75, 3.05) is 32.8 Å². The number of aromatic amines is 1. The lowest BCUT2D eigenvalue weighted by molar-refractivity contribution is -0.143. The van der Waals surface area contributed by atoms with Gasteiger partial charge in [0.25, 0.3) is 0 Å². The average Bonchev–Trinajstić information content (AvgIpc) is 3.57. The Bertz CT molecular complexity index is 1890. The smallest absolute Gasteiger partial charge is 0.326 e. The number of fused-ring (bicyclic) bond motifs is 2. The molecule has 1 fully saturated rings. The van der Waals surface area contributed by atoms with Gasteiger partial charge in [-0.25, -0.2) is 0 Å². The van der Waals surface area contributed by atoms with E-state index in [0.29, 0.717) is 17.8 Å². The number of nitrogens with zero attached hydrogens (tertiary/aromatic N) is 4. The van der Waals surface area contributed by atoms with Crippen LogP contribution in [0.3, 0.4) is 0 Å². The van der Waals surface area contributed by atoms with Gasteiger partial charge in [-0.2, -0.15) is 0 Å². The topological polar surface area (TPSA) is 92.6 Å². The number of aryl methyl sites for hydroxylation is 1. The third-order valence-electron chi connectivity index (χ3n) is 9.65. The number of carbonyl (C=O) groups excluding carboxylic acids is 1. The standard InChI is InChI=1S/C38H41N5O4/c1-2-47-34(44)26-43-36-32-23-31(15-13-28(32)14-16-33(36)39-37(45)38(43)46)42-18-17-27(25-42)24-40-19-21-41(22-20-40)35(29-9-5-3-6-10-29)30-11-7-4-8-12-30/h3-12,17-18,23,25,35H,2,13-16,19-22,24,26H2,1H3,(H,39,45). The van der Waals surface area contributed by atoms with Crippen LogP contribution in [0.25, 0.3) is 11.3 Å². The predicted molar refractivity (Wildman–Crippen MR) is 183 cm³/mol. The number of allylic oxidation sites excluding steroid dienone is 4. The van der Waals surface area contributed by atoms with Crippen LogP contribution < -0.4 is 11.1 Å². The minimum Gasteiger partial charge on any atom is -0.465 e. The minimum atomic E-state index is -0.728. The van der Waals surface area contributed by atoms with Crippen molar-refractivity contribution in [1.82, 2.24) is 23.9 Å². The van der Waals surface area contributed by atoms with Crippen LogP contribution in [0.2, 0.25) is 0 Å². The Hall–Kier alpha value is -4.73. The van der Waals surface area contributed by atoms with Crippen molar-refractivity contribution in [1.29, 1.82) is 0 Å². The molecule has 47 heavy (non-hydrogen) atoms. The fourth-order valence-corrected chi connectivity index (χ4v) is 7.38. The molecule has 9 heteroatoms. The molecule has 0 atom stereocenters. The summed E-state index contributed by atoms with van der Waals surface area (Å²) < 4.78 is 8.62. The molecule has 1 aliphatic heterocycles. The quantitative estimate of drug-likeness (QED) is 0.210. The maximum absolute atomic E-state index is 13.0. The van der Waals surface area contributed by atoms with Crippen LogP contribution in [-0.2, 0) is 29.0 Å². The van der Waals surface area contributed by atoms with Crippen LogP contribution in [-0.4, -0.2) is 62.7 Å². The van der Waals surface area contributed by atoms with Crippen molar-refractivity contribution in [3.05, 3.63) is 140 Å².